The highest BCUT2D eigenvalue weighted by Crippen LogP contribution is 2.24. The molecule has 0 aliphatic rings. The predicted molar refractivity (Wildman–Crippen MR) is 78.4 cm³/mol. The number of rotatable bonds is 8. The van der Waals surface area contributed by atoms with E-state index in [2.05, 4.69) is 5.32 Å². The van der Waals surface area contributed by atoms with Crippen molar-refractivity contribution in [3.05, 3.63) is 29.8 Å². The van der Waals surface area contributed by atoms with Crippen LogP contribution in [0.4, 0.5) is 0 Å². The zero-order valence-electron chi connectivity index (χ0n) is 11.8. The molecule has 0 radical (unpaired) electrons. The van der Waals surface area contributed by atoms with Gasteiger partial charge in [0.25, 0.3) is 0 Å². The third-order valence-corrected chi connectivity index (χ3v) is 4.92. The highest BCUT2D eigenvalue weighted by molar-refractivity contribution is 7.91. The molecular weight excluding hydrogens is 262 g/mol. The molecule has 0 heterocycles. The second-order valence-electron chi connectivity index (χ2n) is 4.51. The fourth-order valence-corrected chi connectivity index (χ4v) is 2.76. The minimum atomic E-state index is -2.86. The number of hydrogen-bond acceptors (Lipinski definition) is 4. The fourth-order valence-electron chi connectivity index (χ4n) is 1.89. The standard InChI is InChI=1S/C14H23NO3S/c1-4-19(16,17)11-7-10-15-12(2)13-8-5-6-9-14(13)18-3/h5-6,8-9,12,15H,4,7,10-11H2,1-3H3/t12-/m0/s1. The van der Waals surface area contributed by atoms with Crippen LogP contribution in [0.15, 0.2) is 24.3 Å². The number of hydrogen-bond donors (Lipinski definition) is 1. The van der Waals surface area contributed by atoms with Crippen LogP contribution in [0.1, 0.15) is 31.9 Å². The van der Waals surface area contributed by atoms with Gasteiger partial charge in [-0.3, -0.25) is 0 Å². The summed E-state index contributed by atoms with van der Waals surface area (Å²) in [6, 6.07) is 7.98. The van der Waals surface area contributed by atoms with Crippen LogP contribution in [-0.2, 0) is 9.84 Å². The van der Waals surface area contributed by atoms with E-state index in [0.717, 1.165) is 11.3 Å². The van der Waals surface area contributed by atoms with E-state index in [-0.39, 0.29) is 17.5 Å². The van der Waals surface area contributed by atoms with E-state index in [9.17, 15) is 8.42 Å². The maximum Gasteiger partial charge on any atom is 0.150 e. The molecule has 1 rings (SSSR count). The molecule has 0 amide bonds. The number of nitrogens with one attached hydrogen (secondary N) is 1. The fraction of sp³-hybridized carbons (Fsp3) is 0.571. The van der Waals surface area contributed by atoms with Gasteiger partial charge in [-0.25, -0.2) is 8.42 Å². The van der Waals surface area contributed by atoms with E-state index in [1.165, 1.54) is 0 Å². The van der Waals surface area contributed by atoms with E-state index in [4.69, 9.17) is 4.74 Å². The molecule has 1 atom stereocenters. The average molecular weight is 285 g/mol. The zero-order chi connectivity index (χ0) is 14.3. The van der Waals surface area contributed by atoms with Crippen LogP contribution < -0.4 is 10.1 Å². The van der Waals surface area contributed by atoms with Crippen LogP contribution in [-0.4, -0.2) is 33.6 Å². The molecule has 0 bridgehead atoms. The van der Waals surface area contributed by atoms with Gasteiger partial charge in [-0.15, -0.1) is 0 Å². The molecule has 108 valence electrons. The highest BCUT2D eigenvalue weighted by atomic mass is 32.2. The van der Waals surface area contributed by atoms with Gasteiger partial charge in [-0.2, -0.15) is 0 Å². The Balaban J connectivity index is 2.45. The lowest BCUT2D eigenvalue weighted by Gasteiger charge is -2.17. The summed E-state index contributed by atoms with van der Waals surface area (Å²) in [5, 5.41) is 3.33. The molecule has 1 N–H and O–H groups in total. The van der Waals surface area contributed by atoms with E-state index in [1.807, 2.05) is 31.2 Å². The van der Waals surface area contributed by atoms with Crippen molar-refractivity contribution in [2.24, 2.45) is 0 Å². The maximum absolute atomic E-state index is 11.4. The summed E-state index contributed by atoms with van der Waals surface area (Å²) in [6.07, 6.45) is 0.635. The highest BCUT2D eigenvalue weighted by Gasteiger charge is 2.11. The van der Waals surface area contributed by atoms with Crippen molar-refractivity contribution in [3.63, 3.8) is 0 Å². The number of ether oxygens (including phenoxy) is 1. The summed E-state index contributed by atoms with van der Waals surface area (Å²) < 4.78 is 28.0. The number of benzene rings is 1. The zero-order valence-corrected chi connectivity index (χ0v) is 12.7. The Bertz CT molecular complexity index is 485. The smallest absolute Gasteiger partial charge is 0.150 e. The first kappa shape index (κ1) is 16.0. The summed E-state index contributed by atoms with van der Waals surface area (Å²) in [5.41, 5.74) is 1.09. The topological polar surface area (TPSA) is 55.4 Å². The Labute approximate surface area is 116 Å². The summed E-state index contributed by atoms with van der Waals surface area (Å²) in [5.74, 6) is 1.31. The van der Waals surface area contributed by atoms with Crippen molar-refractivity contribution in [1.29, 1.82) is 0 Å². The lowest BCUT2D eigenvalue weighted by molar-refractivity contribution is 0.401. The van der Waals surface area contributed by atoms with Gasteiger partial charge in [0.2, 0.25) is 0 Å². The molecule has 0 spiro atoms. The minimum absolute atomic E-state index is 0.139. The largest absolute Gasteiger partial charge is 0.496 e. The van der Waals surface area contributed by atoms with E-state index < -0.39 is 9.84 Å². The second-order valence-corrected chi connectivity index (χ2v) is 6.98. The van der Waals surface area contributed by atoms with Gasteiger partial charge >= 0.3 is 0 Å². The number of methoxy groups -OCH3 is 1. The Morgan fingerprint density at radius 1 is 1.32 bits per heavy atom. The first-order valence-corrected chi connectivity index (χ1v) is 8.39. The van der Waals surface area contributed by atoms with Crippen LogP contribution >= 0.6 is 0 Å². The monoisotopic (exact) mass is 285 g/mol. The van der Waals surface area contributed by atoms with Gasteiger partial charge < -0.3 is 10.1 Å². The molecule has 0 fully saturated rings. The van der Waals surface area contributed by atoms with E-state index in [0.29, 0.717) is 13.0 Å². The lowest BCUT2D eigenvalue weighted by Crippen LogP contribution is -2.22. The second kappa shape index (κ2) is 7.50. The number of para-hydroxylation sites is 1. The minimum Gasteiger partial charge on any atom is -0.496 e. The molecule has 0 saturated carbocycles. The molecule has 4 nitrogen and oxygen atoms in total. The van der Waals surface area contributed by atoms with Crippen molar-refractivity contribution < 1.29 is 13.2 Å². The predicted octanol–water partition coefficient (Wildman–Crippen LogP) is 2.17. The van der Waals surface area contributed by atoms with Crippen molar-refractivity contribution in [2.45, 2.75) is 26.3 Å². The molecule has 1 aromatic carbocycles. The van der Waals surface area contributed by atoms with Crippen molar-refractivity contribution in [2.75, 3.05) is 25.2 Å². The van der Waals surface area contributed by atoms with Crippen LogP contribution in [0.2, 0.25) is 0 Å². The van der Waals surface area contributed by atoms with Crippen molar-refractivity contribution in [1.82, 2.24) is 5.32 Å². The third kappa shape index (κ3) is 5.20. The van der Waals surface area contributed by atoms with E-state index >= 15 is 0 Å². The molecule has 5 heteroatoms. The molecule has 0 aromatic heterocycles. The van der Waals surface area contributed by atoms with Gasteiger partial charge in [-0.05, 0) is 26.0 Å². The molecular formula is C14H23NO3S. The molecule has 0 aliphatic heterocycles. The summed E-state index contributed by atoms with van der Waals surface area (Å²) in [7, 11) is -1.21. The molecule has 0 saturated heterocycles. The first-order valence-electron chi connectivity index (χ1n) is 6.57. The van der Waals surface area contributed by atoms with Gasteiger partial charge in [0.1, 0.15) is 15.6 Å². The average Bonchev–Trinajstić information content (AvgIpc) is 2.43. The first-order chi connectivity index (χ1) is 9.00. The van der Waals surface area contributed by atoms with E-state index in [1.54, 1.807) is 14.0 Å². The Hall–Kier alpha value is -1.07. The van der Waals surface area contributed by atoms with Gasteiger partial charge in [0, 0.05) is 17.4 Å². The molecule has 0 unspecified atom stereocenters. The summed E-state index contributed by atoms with van der Waals surface area (Å²) >= 11 is 0. The molecule has 0 aliphatic carbocycles. The summed E-state index contributed by atoms with van der Waals surface area (Å²) in [4.78, 5) is 0. The van der Waals surface area contributed by atoms with Crippen LogP contribution in [0.3, 0.4) is 0 Å². The molecule has 1 aromatic rings. The van der Waals surface area contributed by atoms with Crippen LogP contribution in [0.25, 0.3) is 0 Å². The third-order valence-electron chi connectivity index (χ3n) is 3.13. The van der Waals surface area contributed by atoms with Gasteiger partial charge in [0.15, 0.2) is 0 Å². The quantitative estimate of drug-likeness (QED) is 0.744. The van der Waals surface area contributed by atoms with Crippen molar-refractivity contribution >= 4 is 9.84 Å². The normalized spacial score (nSPS) is 13.2. The van der Waals surface area contributed by atoms with Gasteiger partial charge in [0.05, 0.1) is 12.9 Å². The maximum atomic E-state index is 11.4. The van der Waals surface area contributed by atoms with Crippen LogP contribution in [0, 0.1) is 0 Å². The van der Waals surface area contributed by atoms with Crippen LogP contribution in [0.5, 0.6) is 5.75 Å². The Morgan fingerprint density at radius 2 is 2.00 bits per heavy atom. The Kier molecular flexibility index (Phi) is 6.31. The SMILES string of the molecule is CCS(=O)(=O)CCCN[C@@H](C)c1ccccc1OC. The number of sulfone groups is 1. The van der Waals surface area contributed by atoms with Crippen molar-refractivity contribution in [3.8, 4) is 5.75 Å². The van der Waals surface area contributed by atoms with Gasteiger partial charge in [-0.1, -0.05) is 25.1 Å². The molecule has 19 heavy (non-hydrogen) atoms. The Morgan fingerprint density at radius 3 is 2.63 bits per heavy atom. The summed E-state index contributed by atoms with van der Waals surface area (Å²) in [6.45, 7) is 4.41. The lowest BCUT2D eigenvalue weighted by atomic mass is 10.1.